The van der Waals surface area contributed by atoms with Crippen molar-refractivity contribution >= 4 is 29.1 Å². The van der Waals surface area contributed by atoms with E-state index in [0.29, 0.717) is 23.5 Å². The van der Waals surface area contributed by atoms with Crippen LogP contribution in [0.1, 0.15) is 34.1 Å². The molecule has 0 aromatic heterocycles. The summed E-state index contributed by atoms with van der Waals surface area (Å²) in [6.45, 7) is 2.49. The third kappa shape index (κ3) is 6.13. The summed E-state index contributed by atoms with van der Waals surface area (Å²) in [5.41, 5.74) is 7.94. The molecule has 31 heavy (non-hydrogen) atoms. The first-order chi connectivity index (χ1) is 15.1. The van der Waals surface area contributed by atoms with E-state index in [4.69, 9.17) is 17.0 Å². The van der Waals surface area contributed by atoms with Crippen molar-refractivity contribution in [1.82, 2.24) is 16.2 Å². The van der Waals surface area contributed by atoms with Gasteiger partial charge in [0.25, 0.3) is 11.8 Å². The molecular formula is C24H23N3O3S. The molecule has 0 bridgehead atoms. The van der Waals surface area contributed by atoms with E-state index < -0.39 is 5.91 Å². The molecule has 0 spiro atoms. The lowest BCUT2D eigenvalue weighted by atomic mass is 10.0. The fourth-order valence-electron chi connectivity index (χ4n) is 2.82. The van der Waals surface area contributed by atoms with Crippen LogP contribution < -0.4 is 20.9 Å². The minimum Gasteiger partial charge on any atom is -0.493 e. The van der Waals surface area contributed by atoms with Crippen molar-refractivity contribution in [3.05, 3.63) is 90.0 Å². The Morgan fingerprint density at radius 3 is 2.16 bits per heavy atom. The summed E-state index contributed by atoms with van der Waals surface area (Å²) in [6.07, 6.45) is 0.828. The molecule has 3 rings (SSSR count). The van der Waals surface area contributed by atoms with Crippen molar-refractivity contribution in [2.45, 2.75) is 13.3 Å². The Kier molecular flexibility index (Phi) is 7.73. The van der Waals surface area contributed by atoms with E-state index in [0.717, 1.165) is 17.5 Å². The average Bonchev–Trinajstić information content (AvgIpc) is 2.82. The highest BCUT2D eigenvalue weighted by Gasteiger charge is 2.14. The van der Waals surface area contributed by atoms with E-state index in [1.165, 1.54) is 0 Å². The molecule has 0 aliphatic rings. The third-order valence-corrected chi connectivity index (χ3v) is 4.57. The SMILES string of the molecule is CCCOc1ccccc1C(=O)NC(=S)NNC(=O)c1ccc(-c2ccccc2)cc1. The second-order valence-corrected chi connectivity index (χ2v) is 7.06. The number of hydrogen-bond acceptors (Lipinski definition) is 4. The number of ether oxygens (including phenoxy) is 1. The van der Waals surface area contributed by atoms with Crippen molar-refractivity contribution in [1.29, 1.82) is 0 Å². The van der Waals surface area contributed by atoms with E-state index in [1.807, 2.05) is 49.4 Å². The number of carbonyl (C=O) groups is 2. The zero-order valence-corrected chi connectivity index (χ0v) is 17.9. The molecule has 158 valence electrons. The standard InChI is InChI=1S/C24H23N3O3S/c1-2-16-30-21-11-7-6-10-20(21)23(29)25-24(31)27-26-22(28)19-14-12-18(13-15-19)17-8-4-3-5-9-17/h3-15H,2,16H2,1H3,(H,26,28)(H2,25,27,29,31). The van der Waals surface area contributed by atoms with Crippen LogP contribution in [-0.2, 0) is 0 Å². The maximum absolute atomic E-state index is 12.5. The molecule has 0 saturated carbocycles. The van der Waals surface area contributed by atoms with Crippen molar-refractivity contribution in [2.75, 3.05) is 6.61 Å². The highest BCUT2D eigenvalue weighted by molar-refractivity contribution is 7.80. The summed E-state index contributed by atoms with van der Waals surface area (Å²) >= 11 is 5.12. The predicted octanol–water partition coefficient (Wildman–Crippen LogP) is 4.09. The zero-order valence-electron chi connectivity index (χ0n) is 17.1. The van der Waals surface area contributed by atoms with Crippen LogP contribution in [0.3, 0.4) is 0 Å². The highest BCUT2D eigenvalue weighted by Crippen LogP contribution is 2.19. The Labute approximate surface area is 186 Å². The number of benzene rings is 3. The molecule has 0 aliphatic heterocycles. The molecule has 3 N–H and O–H groups in total. The number of para-hydroxylation sites is 1. The lowest BCUT2D eigenvalue weighted by molar-refractivity contribution is 0.0933. The molecule has 2 amide bonds. The van der Waals surface area contributed by atoms with Crippen molar-refractivity contribution in [3.63, 3.8) is 0 Å². The van der Waals surface area contributed by atoms with Gasteiger partial charge >= 0.3 is 0 Å². The van der Waals surface area contributed by atoms with Crippen LogP contribution in [-0.4, -0.2) is 23.5 Å². The van der Waals surface area contributed by atoms with Crippen LogP contribution in [0.15, 0.2) is 78.9 Å². The van der Waals surface area contributed by atoms with Gasteiger partial charge < -0.3 is 4.74 Å². The van der Waals surface area contributed by atoms with Gasteiger partial charge in [0.05, 0.1) is 12.2 Å². The van der Waals surface area contributed by atoms with E-state index in [9.17, 15) is 9.59 Å². The summed E-state index contributed by atoms with van der Waals surface area (Å²) in [5.74, 6) is -0.319. The number of rotatable bonds is 6. The number of thiocarbonyl (C=S) groups is 1. The van der Waals surface area contributed by atoms with Crippen molar-refractivity contribution < 1.29 is 14.3 Å². The van der Waals surface area contributed by atoms with Crippen LogP contribution in [0.5, 0.6) is 5.75 Å². The van der Waals surface area contributed by atoms with Gasteiger partial charge in [0.1, 0.15) is 5.75 Å². The van der Waals surface area contributed by atoms with Gasteiger partial charge in [-0.15, -0.1) is 0 Å². The van der Waals surface area contributed by atoms with Gasteiger partial charge in [0.15, 0.2) is 5.11 Å². The zero-order chi connectivity index (χ0) is 22.1. The summed E-state index contributed by atoms with van der Waals surface area (Å²) in [4.78, 5) is 24.9. The Morgan fingerprint density at radius 2 is 1.45 bits per heavy atom. The molecule has 0 fully saturated rings. The van der Waals surface area contributed by atoms with Crippen LogP contribution >= 0.6 is 12.2 Å². The summed E-state index contributed by atoms with van der Waals surface area (Å²) in [7, 11) is 0. The molecule has 0 heterocycles. The first-order valence-electron chi connectivity index (χ1n) is 9.87. The maximum atomic E-state index is 12.5. The first-order valence-corrected chi connectivity index (χ1v) is 10.3. The molecular weight excluding hydrogens is 410 g/mol. The summed E-state index contributed by atoms with van der Waals surface area (Å²) in [5, 5.41) is 2.51. The normalized spacial score (nSPS) is 10.1. The molecule has 6 nitrogen and oxygen atoms in total. The lowest BCUT2D eigenvalue weighted by Gasteiger charge is -2.13. The second-order valence-electron chi connectivity index (χ2n) is 6.65. The molecule has 0 aliphatic carbocycles. The first kappa shape index (κ1) is 22.0. The smallest absolute Gasteiger partial charge is 0.269 e. The van der Waals surface area contributed by atoms with Gasteiger partial charge in [-0.1, -0.05) is 61.5 Å². The molecule has 7 heteroatoms. The monoisotopic (exact) mass is 433 g/mol. The summed E-state index contributed by atoms with van der Waals surface area (Å²) in [6, 6.07) is 24.0. The van der Waals surface area contributed by atoms with E-state index in [1.54, 1.807) is 36.4 Å². The number of carbonyl (C=O) groups excluding carboxylic acids is 2. The topological polar surface area (TPSA) is 79.5 Å². The number of amides is 2. The maximum Gasteiger partial charge on any atom is 0.269 e. The number of hydrazine groups is 1. The van der Waals surface area contributed by atoms with Gasteiger partial charge in [0.2, 0.25) is 0 Å². The molecule has 0 radical (unpaired) electrons. The predicted molar refractivity (Wildman–Crippen MR) is 125 cm³/mol. The van der Waals surface area contributed by atoms with E-state index in [-0.39, 0.29) is 11.0 Å². The molecule has 0 atom stereocenters. The van der Waals surface area contributed by atoms with Crippen LogP contribution in [0.25, 0.3) is 11.1 Å². The third-order valence-electron chi connectivity index (χ3n) is 4.36. The Hall–Kier alpha value is -3.71. The van der Waals surface area contributed by atoms with Gasteiger partial charge in [-0.2, -0.15) is 0 Å². The minimum absolute atomic E-state index is 0.0236. The van der Waals surface area contributed by atoms with Crippen molar-refractivity contribution in [3.8, 4) is 16.9 Å². The molecule has 0 unspecified atom stereocenters. The lowest BCUT2D eigenvalue weighted by Crippen LogP contribution is -2.48. The largest absolute Gasteiger partial charge is 0.493 e. The quantitative estimate of drug-likeness (QED) is 0.403. The van der Waals surface area contributed by atoms with Crippen molar-refractivity contribution in [2.24, 2.45) is 0 Å². The molecule has 3 aromatic carbocycles. The minimum atomic E-state index is -0.425. The van der Waals surface area contributed by atoms with Gasteiger partial charge in [0, 0.05) is 5.56 Å². The molecule has 0 saturated heterocycles. The van der Waals surface area contributed by atoms with E-state index >= 15 is 0 Å². The van der Waals surface area contributed by atoms with Crippen LogP contribution in [0, 0.1) is 0 Å². The second kappa shape index (κ2) is 10.9. The van der Waals surface area contributed by atoms with E-state index in [2.05, 4.69) is 16.2 Å². The fourth-order valence-corrected chi connectivity index (χ4v) is 2.97. The highest BCUT2D eigenvalue weighted by atomic mass is 32.1. The fraction of sp³-hybridized carbons (Fsp3) is 0.125. The average molecular weight is 434 g/mol. The number of nitrogens with one attached hydrogen (secondary N) is 3. The van der Waals surface area contributed by atoms with Gasteiger partial charge in [-0.3, -0.25) is 25.8 Å². The van der Waals surface area contributed by atoms with Gasteiger partial charge in [-0.05, 0) is 54.0 Å². The van der Waals surface area contributed by atoms with Crippen LogP contribution in [0.4, 0.5) is 0 Å². The molecule has 3 aromatic rings. The Morgan fingerprint density at radius 1 is 0.806 bits per heavy atom. The Bertz CT molecular complexity index is 1050. The summed E-state index contributed by atoms with van der Waals surface area (Å²) < 4.78 is 5.59. The van der Waals surface area contributed by atoms with Gasteiger partial charge in [-0.25, -0.2) is 0 Å². The number of hydrogen-bond donors (Lipinski definition) is 3. The van der Waals surface area contributed by atoms with Crippen LogP contribution in [0.2, 0.25) is 0 Å². The Balaban J connectivity index is 1.54.